The Morgan fingerprint density at radius 1 is 1.36 bits per heavy atom. The van der Waals surface area contributed by atoms with Crippen LogP contribution in [0, 0.1) is 6.92 Å². The van der Waals surface area contributed by atoms with Gasteiger partial charge in [0.25, 0.3) is 0 Å². The molecular formula is C12H14S2. The molecule has 14 heavy (non-hydrogen) atoms. The van der Waals surface area contributed by atoms with Crippen LogP contribution in [0.15, 0.2) is 22.4 Å². The maximum atomic E-state index is 2.31. The van der Waals surface area contributed by atoms with Gasteiger partial charge in [-0.25, -0.2) is 0 Å². The Bertz CT molecular complexity index is 455. The highest BCUT2D eigenvalue weighted by Crippen LogP contribution is 2.37. The summed E-state index contributed by atoms with van der Waals surface area (Å²) in [6.07, 6.45) is 3.30. The van der Waals surface area contributed by atoms with Gasteiger partial charge in [-0.05, 0) is 36.6 Å². The van der Waals surface area contributed by atoms with Crippen molar-refractivity contribution in [3.05, 3.63) is 29.3 Å². The second kappa shape index (κ2) is 3.95. The predicted octanol–water partition coefficient (Wildman–Crippen LogP) is 4.49. The van der Waals surface area contributed by atoms with Crippen molar-refractivity contribution in [3.63, 3.8) is 0 Å². The summed E-state index contributed by atoms with van der Waals surface area (Å²) in [5, 5.41) is 1.46. The van der Waals surface area contributed by atoms with Gasteiger partial charge in [0, 0.05) is 4.70 Å². The van der Waals surface area contributed by atoms with Crippen LogP contribution < -0.4 is 0 Å². The molecule has 0 aliphatic rings. The molecule has 0 atom stereocenters. The molecule has 2 heteroatoms. The fraction of sp³-hybridized carbons (Fsp3) is 0.333. The lowest BCUT2D eigenvalue weighted by molar-refractivity contribution is 1.13. The minimum absolute atomic E-state index is 1.14. The van der Waals surface area contributed by atoms with E-state index in [2.05, 4.69) is 38.3 Å². The van der Waals surface area contributed by atoms with Crippen LogP contribution in [0.3, 0.4) is 0 Å². The number of hydrogen-bond acceptors (Lipinski definition) is 2. The van der Waals surface area contributed by atoms with Crippen LogP contribution in [0.2, 0.25) is 0 Å². The van der Waals surface area contributed by atoms with Gasteiger partial charge in [0.2, 0.25) is 0 Å². The van der Waals surface area contributed by atoms with Crippen LogP contribution in [0.5, 0.6) is 0 Å². The lowest BCUT2D eigenvalue weighted by Gasteiger charge is -1.98. The number of aryl methyl sites for hydroxylation is 2. The molecule has 0 N–H and O–H groups in total. The largest absolute Gasteiger partial charge is 0.129 e. The Kier molecular flexibility index (Phi) is 2.84. The van der Waals surface area contributed by atoms with E-state index in [1.54, 1.807) is 0 Å². The van der Waals surface area contributed by atoms with Gasteiger partial charge >= 0.3 is 0 Å². The van der Waals surface area contributed by atoms with Gasteiger partial charge in [0.1, 0.15) is 0 Å². The standard InChI is InChI=1S/C12H14S2/c1-4-9-10-7-8(2)5-6-11(10)14-12(9)13-3/h5-7H,4H2,1-3H3. The lowest BCUT2D eigenvalue weighted by atomic mass is 10.1. The van der Waals surface area contributed by atoms with E-state index < -0.39 is 0 Å². The quantitative estimate of drug-likeness (QED) is 0.674. The highest BCUT2D eigenvalue weighted by atomic mass is 32.2. The van der Waals surface area contributed by atoms with Gasteiger partial charge in [0.05, 0.1) is 4.21 Å². The highest BCUT2D eigenvalue weighted by Gasteiger charge is 2.09. The fourth-order valence-electron chi connectivity index (χ4n) is 1.74. The number of rotatable bonds is 2. The number of thioether (sulfide) groups is 1. The monoisotopic (exact) mass is 222 g/mol. The van der Waals surface area contributed by atoms with E-state index in [1.165, 1.54) is 25.4 Å². The van der Waals surface area contributed by atoms with Crippen molar-refractivity contribution in [1.82, 2.24) is 0 Å². The SMILES string of the molecule is CCc1c(SC)sc2ccc(C)cc12. The third-order valence-corrected chi connectivity index (χ3v) is 4.82. The second-order valence-corrected chi connectivity index (χ2v) is 5.55. The molecule has 0 nitrogen and oxygen atoms in total. The average molecular weight is 222 g/mol. The van der Waals surface area contributed by atoms with E-state index >= 15 is 0 Å². The molecule has 0 aliphatic heterocycles. The Morgan fingerprint density at radius 2 is 2.14 bits per heavy atom. The Hall–Kier alpha value is -0.470. The molecule has 0 fully saturated rings. The molecule has 2 aromatic rings. The molecule has 74 valence electrons. The molecule has 2 rings (SSSR count). The Labute approximate surface area is 93.3 Å². The van der Waals surface area contributed by atoms with E-state index in [4.69, 9.17) is 0 Å². The normalized spacial score (nSPS) is 11.1. The zero-order valence-electron chi connectivity index (χ0n) is 8.76. The minimum atomic E-state index is 1.14. The van der Waals surface area contributed by atoms with E-state index in [0.717, 1.165) is 6.42 Å². The van der Waals surface area contributed by atoms with Crippen LogP contribution in [0.1, 0.15) is 18.1 Å². The van der Waals surface area contributed by atoms with Crippen molar-refractivity contribution in [2.75, 3.05) is 6.26 Å². The molecule has 1 aromatic carbocycles. The van der Waals surface area contributed by atoms with Gasteiger partial charge < -0.3 is 0 Å². The zero-order valence-corrected chi connectivity index (χ0v) is 10.4. The first-order valence-corrected chi connectivity index (χ1v) is 6.86. The Morgan fingerprint density at radius 3 is 2.79 bits per heavy atom. The number of hydrogen-bond donors (Lipinski definition) is 0. The molecular weight excluding hydrogens is 208 g/mol. The average Bonchev–Trinajstić information content (AvgIpc) is 2.54. The van der Waals surface area contributed by atoms with Crippen molar-refractivity contribution < 1.29 is 0 Å². The molecule has 0 saturated carbocycles. The summed E-state index contributed by atoms with van der Waals surface area (Å²) in [5.41, 5.74) is 2.89. The fourth-order valence-corrected chi connectivity index (χ4v) is 3.85. The molecule has 0 aliphatic carbocycles. The zero-order chi connectivity index (χ0) is 10.1. The van der Waals surface area contributed by atoms with Crippen LogP contribution in [-0.4, -0.2) is 6.26 Å². The molecule has 0 unspecified atom stereocenters. The topological polar surface area (TPSA) is 0 Å². The van der Waals surface area contributed by atoms with Crippen LogP contribution in [0.25, 0.3) is 10.1 Å². The number of fused-ring (bicyclic) bond motifs is 1. The van der Waals surface area contributed by atoms with Gasteiger partial charge in [-0.2, -0.15) is 0 Å². The van der Waals surface area contributed by atoms with Crippen molar-refractivity contribution in [2.45, 2.75) is 24.5 Å². The summed E-state index contributed by atoms with van der Waals surface area (Å²) in [6, 6.07) is 6.75. The van der Waals surface area contributed by atoms with E-state index in [9.17, 15) is 0 Å². The molecule has 1 heterocycles. The van der Waals surface area contributed by atoms with E-state index in [0.29, 0.717) is 0 Å². The summed E-state index contributed by atoms with van der Waals surface area (Å²) >= 11 is 3.79. The maximum Gasteiger partial charge on any atom is 0.0640 e. The Balaban J connectivity index is 2.74. The molecule has 0 amide bonds. The van der Waals surface area contributed by atoms with Gasteiger partial charge in [-0.3, -0.25) is 0 Å². The first kappa shape index (κ1) is 10.1. The maximum absolute atomic E-state index is 2.31. The van der Waals surface area contributed by atoms with Gasteiger partial charge in [-0.1, -0.05) is 24.6 Å². The van der Waals surface area contributed by atoms with Crippen LogP contribution in [-0.2, 0) is 6.42 Å². The van der Waals surface area contributed by atoms with Crippen LogP contribution >= 0.6 is 23.1 Å². The molecule has 0 bridgehead atoms. The first-order valence-electron chi connectivity index (χ1n) is 4.82. The molecule has 0 saturated heterocycles. The summed E-state index contributed by atoms with van der Waals surface area (Å²) in [7, 11) is 0. The summed E-state index contributed by atoms with van der Waals surface area (Å²) in [5.74, 6) is 0. The molecule has 0 spiro atoms. The highest BCUT2D eigenvalue weighted by molar-refractivity contribution is 8.00. The van der Waals surface area contributed by atoms with E-state index in [1.807, 2.05) is 23.1 Å². The predicted molar refractivity (Wildman–Crippen MR) is 67.7 cm³/mol. The minimum Gasteiger partial charge on any atom is -0.129 e. The van der Waals surface area contributed by atoms with Crippen molar-refractivity contribution >= 4 is 33.2 Å². The molecule has 0 radical (unpaired) electrons. The van der Waals surface area contributed by atoms with Crippen LogP contribution in [0.4, 0.5) is 0 Å². The number of thiophene rings is 1. The van der Waals surface area contributed by atoms with Crippen molar-refractivity contribution in [1.29, 1.82) is 0 Å². The third-order valence-electron chi connectivity index (χ3n) is 2.45. The van der Waals surface area contributed by atoms with Crippen molar-refractivity contribution in [2.24, 2.45) is 0 Å². The van der Waals surface area contributed by atoms with Crippen molar-refractivity contribution in [3.8, 4) is 0 Å². The summed E-state index contributed by atoms with van der Waals surface area (Å²) in [4.78, 5) is 0. The van der Waals surface area contributed by atoms with Gasteiger partial charge in [-0.15, -0.1) is 23.1 Å². The third kappa shape index (κ3) is 1.57. The smallest absolute Gasteiger partial charge is 0.0640 e. The van der Waals surface area contributed by atoms with E-state index in [-0.39, 0.29) is 0 Å². The second-order valence-electron chi connectivity index (χ2n) is 3.43. The molecule has 1 aromatic heterocycles. The summed E-state index contributed by atoms with van der Waals surface area (Å²) in [6.45, 7) is 4.40. The van der Waals surface area contributed by atoms with Gasteiger partial charge in [0.15, 0.2) is 0 Å². The lowest BCUT2D eigenvalue weighted by Crippen LogP contribution is -1.79. The number of benzene rings is 1. The first-order chi connectivity index (χ1) is 6.76. The summed E-state index contributed by atoms with van der Waals surface area (Å²) < 4.78 is 2.91.